The molecule has 176 valence electrons. The normalized spacial score (nSPS) is 16.6. The van der Waals surface area contributed by atoms with Gasteiger partial charge in [-0.25, -0.2) is 9.37 Å². The molecule has 0 radical (unpaired) electrons. The van der Waals surface area contributed by atoms with Gasteiger partial charge in [-0.15, -0.1) is 0 Å². The Hall–Kier alpha value is -3.54. The summed E-state index contributed by atoms with van der Waals surface area (Å²) in [6, 6.07) is 6.15. The summed E-state index contributed by atoms with van der Waals surface area (Å²) in [7, 11) is -9.87. The van der Waals surface area contributed by atoms with Crippen molar-refractivity contribution in [1.29, 1.82) is 0 Å². The van der Waals surface area contributed by atoms with Crippen LogP contribution in [0.5, 0.6) is 0 Å². The minimum atomic E-state index is -9.87. The number of hydrogen-bond acceptors (Lipinski definition) is 3. The van der Waals surface area contributed by atoms with E-state index in [1.165, 1.54) is 24.7 Å². The number of nitrogens with zero attached hydrogens (tertiary/aromatic N) is 4. The molecule has 1 aliphatic carbocycles. The number of imidazole rings is 1. The lowest BCUT2D eigenvalue weighted by Crippen LogP contribution is -2.06. The van der Waals surface area contributed by atoms with Crippen molar-refractivity contribution >= 4 is 26.8 Å². The third kappa shape index (κ3) is 3.40. The lowest BCUT2D eigenvalue weighted by molar-refractivity contribution is 0.364. The maximum atomic E-state index is 15.4. The summed E-state index contributed by atoms with van der Waals surface area (Å²) >= 11 is 0. The van der Waals surface area contributed by atoms with E-state index in [9.17, 15) is 19.4 Å². The highest BCUT2D eigenvalue weighted by atomic mass is 32.5. The molecule has 1 saturated carbocycles. The fourth-order valence-electron chi connectivity index (χ4n) is 4.09. The summed E-state index contributed by atoms with van der Waals surface area (Å²) in [6.07, 6.45) is 5.85. The molecule has 0 unspecified atom stereocenters. The van der Waals surface area contributed by atoms with Gasteiger partial charge in [0.25, 0.3) is 0 Å². The van der Waals surface area contributed by atoms with Crippen LogP contribution >= 0.6 is 10.2 Å². The standard InChI is InChI=1S/C22H15F6N5S/c23-20-15(6-7-17-16(20)9-30-32-17)22-21(12-4-5-12)31-19-10-29-18(11-33(19)22)13-2-1-3-14(8-13)34(24,25,26,27)28/h1-3,6-12H,4-5H2,(H,30,32). The van der Waals surface area contributed by atoms with Gasteiger partial charge < -0.3 is 0 Å². The second-order valence-electron chi connectivity index (χ2n) is 8.38. The Morgan fingerprint density at radius 3 is 2.53 bits per heavy atom. The molecular formula is C22H15F6N5S. The number of aromatic amines is 1. The minimum absolute atomic E-state index is 0.0157. The Bertz CT molecular complexity index is 1620. The summed E-state index contributed by atoms with van der Waals surface area (Å²) in [4.78, 5) is 6.74. The Kier molecular flexibility index (Phi) is 3.78. The van der Waals surface area contributed by atoms with Crippen LogP contribution in [0.25, 0.3) is 39.1 Å². The first-order valence-electron chi connectivity index (χ1n) is 10.2. The first kappa shape index (κ1) is 21.0. The molecule has 5 aromatic rings. The number of hydrogen-bond donors (Lipinski definition) is 1. The quantitative estimate of drug-likeness (QED) is 0.261. The smallest absolute Gasteiger partial charge is 0.296 e. The number of benzene rings is 2. The zero-order chi connectivity index (χ0) is 23.9. The SMILES string of the molecule is Fc1c(-c2c(C3CC3)nc3cnc(-c4cccc(S(F)(F)(F)(F)F)c4)cn23)ccc2[nH]ncc12. The molecule has 1 fully saturated rings. The van der Waals surface area contributed by atoms with Gasteiger partial charge in [0.1, 0.15) is 10.7 Å². The summed E-state index contributed by atoms with van der Waals surface area (Å²) in [5.74, 6) is -0.398. The van der Waals surface area contributed by atoms with Crippen LogP contribution in [0, 0.1) is 5.82 Å². The monoisotopic (exact) mass is 495 g/mol. The van der Waals surface area contributed by atoms with Crippen LogP contribution in [0.3, 0.4) is 0 Å². The number of nitrogens with one attached hydrogen (secondary N) is 1. The van der Waals surface area contributed by atoms with Crippen LogP contribution in [-0.2, 0) is 0 Å². The van der Waals surface area contributed by atoms with E-state index in [-0.39, 0.29) is 28.1 Å². The predicted octanol–water partition coefficient (Wildman–Crippen LogP) is 7.61. The van der Waals surface area contributed by atoms with Gasteiger partial charge in [-0.1, -0.05) is 31.6 Å². The molecule has 0 atom stereocenters. The zero-order valence-electron chi connectivity index (χ0n) is 17.2. The van der Waals surface area contributed by atoms with Crippen molar-refractivity contribution in [3.8, 4) is 22.5 Å². The highest BCUT2D eigenvalue weighted by Gasteiger charge is 2.65. The maximum absolute atomic E-state index is 15.4. The lowest BCUT2D eigenvalue weighted by atomic mass is 10.0. The fourth-order valence-corrected chi connectivity index (χ4v) is 4.78. The first-order chi connectivity index (χ1) is 15.9. The van der Waals surface area contributed by atoms with E-state index in [0.29, 0.717) is 34.7 Å². The van der Waals surface area contributed by atoms with Gasteiger partial charge >= 0.3 is 10.2 Å². The van der Waals surface area contributed by atoms with E-state index >= 15 is 4.39 Å². The van der Waals surface area contributed by atoms with E-state index in [1.54, 1.807) is 16.5 Å². The average molecular weight is 495 g/mol. The Labute approximate surface area is 188 Å². The van der Waals surface area contributed by atoms with Crippen LogP contribution in [-0.4, -0.2) is 24.6 Å². The highest BCUT2D eigenvalue weighted by Crippen LogP contribution is 3.02. The summed E-state index contributed by atoms with van der Waals surface area (Å²) in [5.41, 5.74) is 2.11. The van der Waals surface area contributed by atoms with Crippen molar-refractivity contribution in [2.24, 2.45) is 0 Å². The van der Waals surface area contributed by atoms with Gasteiger partial charge in [0, 0.05) is 23.2 Å². The molecule has 0 amide bonds. The van der Waals surface area contributed by atoms with E-state index in [1.807, 2.05) is 0 Å². The van der Waals surface area contributed by atoms with E-state index < -0.39 is 20.9 Å². The van der Waals surface area contributed by atoms with Gasteiger partial charge in [-0.3, -0.25) is 14.5 Å². The largest absolute Gasteiger partial charge is 0.310 e. The molecule has 0 saturated heterocycles. The molecule has 0 aliphatic heterocycles. The average Bonchev–Trinajstić information content (AvgIpc) is 3.37. The Morgan fingerprint density at radius 1 is 1.00 bits per heavy atom. The molecule has 0 bridgehead atoms. The Balaban J connectivity index is 1.58. The number of halogens is 6. The van der Waals surface area contributed by atoms with Gasteiger partial charge in [-0.05, 0) is 37.1 Å². The van der Waals surface area contributed by atoms with Gasteiger partial charge in [0.2, 0.25) is 0 Å². The van der Waals surface area contributed by atoms with E-state index in [4.69, 9.17) is 0 Å². The number of fused-ring (bicyclic) bond motifs is 2. The second-order valence-corrected chi connectivity index (χ2v) is 10.8. The van der Waals surface area contributed by atoms with Gasteiger partial charge in [0.05, 0.1) is 40.4 Å². The van der Waals surface area contributed by atoms with Crippen LogP contribution in [0.15, 0.2) is 59.9 Å². The Morgan fingerprint density at radius 2 is 1.79 bits per heavy atom. The maximum Gasteiger partial charge on any atom is 0.310 e. The molecule has 0 spiro atoms. The topological polar surface area (TPSA) is 58.9 Å². The van der Waals surface area contributed by atoms with Crippen molar-refractivity contribution in [2.75, 3.05) is 0 Å². The van der Waals surface area contributed by atoms with Crippen LogP contribution in [0.2, 0.25) is 0 Å². The molecule has 5 nitrogen and oxygen atoms in total. The van der Waals surface area contributed by atoms with Crippen molar-refractivity contribution < 1.29 is 23.8 Å². The minimum Gasteiger partial charge on any atom is -0.296 e. The molecule has 2 aromatic carbocycles. The van der Waals surface area contributed by atoms with Crippen molar-refractivity contribution in [2.45, 2.75) is 23.7 Å². The summed E-state index contributed by atoms with van der Waals surface area (Å²) in [6.45, 7) is 0. The molecule has 6 rings (SSSR count). The third-order valence-corrected chi connectivity index (χ3v) is 7.03. The van der Waals surface area contributed by atoms with Crippen LogP contribution in [0.1, 0.15) is 24.5 Å². The van der Waals surface area contributed by atoms with E-state index in [2.05, 4.69) is 20.2 Å². The molecule has 1 N–H and O–H groups in total. The van der Waals surface area contributed by atoms with Crippen molar-refractivity contribution in [3.05, 3.63) is 66.5 Å². The first-order valence-corrected chi connectivity index (χ1v) is 12.2. The third-order valence-electron chi connectivity index (χ3n) is 5.89. The second kappa shape index (κ2) is 6.12. The molecule has 3 heterocycles. The van der Waals surface area contributed by atoms with Crippen LogP contribution in [0.4, 0.5) is 23.8 Å². The number of H-pyrrole nitrogens is 1. The molecule has 34 heavy (non-hydrogen) atoms. The summed E-state index contributed by atoms with van der Waals surface area (Å²) in [5, 5.41) is 6.85. The lowest BCUT2D eigenvalue weighted by Gasteiger charge is -2.40. The summed E-state index contributed by atoms with van der Waals surface area (Å²) < 4.78 is 83.7. The highest BCUT2D eigenvalue weighted by molar-refractivity contribution is 8.45. The van der Waals surface area contributed by atoms with Crippen LogP contribution < -0.4 is 0 Å². The molecule has 12 heteroatoms. The van der Waals surface area contributed by atoms with Crippen molar-refractivity contribution in [3.63, 3.8) is 0 Å². The molecule has 3 aromatic heterocycles. The van der Waals surface area contributed by atoms with Crippen molar-refractivity contribution in [1.82, 2.24) is 24.6 Å². The zero-order valence-corrected chi connectivity index (χ0v) is 18.0. The number of aromatic nitrogens is 5. The van der Waals surface area contributed by atoms with Gasteiger partial charge in [-0.2, -0.15) is 5.10 Å². The number of rotatable bonds is 4. The predicted molar refractivity (Wildman–Crippen MR) is 117 cm³/mol. The van der Waals surface area contributed by atoms with E-state index in [0.717, 1.165) is 18.9 Å². The molecule has 1 aliphatic rings. The van der Waals surface area contributed by atoms with Gasteiger partial charge in [0.15, 0.2) is 5.65 Å². The fraction of sp³-hybridized carbons (Fsp3) is 0.136. The molecular weight excluding hydrogens is 480 g/mol.